The fraction of sp³-hybridized carbons (Fsp3) is 0.481. The maximum absolute atomic E-state index is 4.47. The highest BCUT2D eigenvalue weighted by Gasteiger charge is 2.40. The molecule has 3 heteroatoms. The zero-order valence-corrected chi connectivity index (χ0v) is 19.2. The van der Waals surface area contributed by atoms with E-state index >= 15 is 0 Å². The lowest BCUT2D eigenvalue weighted by Gasteiger charge is -2.51. The van der Waals surface area contributed by atoms with Crippen LogP contribution >= 0.6 is 0 Å². The Balaban J connectivity index is 1.65. The molecular formula is C27H37N3. The zero-order chi connectivity index (χ0) is 21.4. The zero-order valence-electron chi connectivity index (χ0n) is 19.2. The molecule has 0 bridgehead atoms. The minimum Gasteiger partial charge on any atom is -0.355 e. The average molecular weight is 404 g/mol. The van der Waals surface area contributed by atoms with Crippen LogP contribution in [0.1, 0.15) is 47.0 Å². The quantitative estimate of drug-likeness (QED) is 0.535. The largest absolute Gasteiger partial charge is 0.355 e. The van der Waals surface area contributed by atoms with Gasteiger partial charge in [0.05, 0.1) is 17.4 Å². The molecule has 1 aromatic carbocycles. The van der Waals surface area contributed by atoms with Crippen LogP contribution in [-0.2, 0) is 0 Å². The van der Waals surface area contributed by atoms with Gasteiger partial charge < -0.3 is 10.2 Å². The molecule has 0 fully saturated rings. The first-order valence-electron chi connectivity index (χ1n) is 11.6. The molecule has 0 saturated heterocycles. The summed E-state index contributed by atoms with van der Waals surface area (Å²) in [7, 11) is 2.28. The van der Waals surface area contributed by atoms with E-state index in [0.29, 0.717) is 23.9 Å². The van der Waals surface area contributed by atoms with Crippen molar-refractivity contribution in [3.8, 4) is 0 Å². The molecule has 0 spiro atoms. The van der Waals surface area contributed by atoms with E-state index in [9.17, 15) is 0 Å². The van der Waals surface area contributed by atoms with Gasteiger partial charge in [0.15, 0.2) is 0 Å². The molecule has 0 radical (unpaired) electrons. The molecular weight excluding hydrogens is 366 g/mol. The van der Waals surface area contributed by atoms with Crippen molar-refractivity contribution in [2.24, 2.45) is 11.8 Å². The Labute approximate surface area is 182 Å². The van der Waals surface area contributed by atoms with Crippen molar-refractivity contribution in [1.29, 1.82) is 0 Å². The Morgan fingerprint density at radius 2 is 1.97 bits per heavy atom. The molecule has 3 nitrogen and oxygen atoms in total. The van der Waals surface area contributed by atoms with E-state index in [-0.39, 0.29) is 6.17 Å². The summed E-state index contributed by atoms with van der Waals surface area (Å²) in [5.41, 5.74) is 6.53. The van der Waals surface area contributed by atoms with Crippen LogP contribution < -0.4 is 10.2 Å². The van der Waals surface area contributed by atoms with Crippen LogP contribution in [0.4, 0.5) is 11.4 Å². The second kappa shape index (κ2) is 8.47. The summed E-state index contributed by atoms with van der Waals surface area (Å²) in [6.07, 6.45) is 13.1. The number of nitrogens with one attached hydrogen (secondary N) is 1. The molecule has 1 aliphatic heterocycles. The number of allylic oxidation sites excluding steroid dienone is 3. The Kier molecular flexibility index (Phi) is 5.92. The maximum Gasteiger partial charge on any atom is 0.123 e. The lowest BCUT2D eigenvalue weighted by atomic mass is 9.85. The first kappa shape index (κ1) is 21.0. The van der Waals surface area contributed by atoms with Crippen LogP contribution in [-0.4, -0.2) is 30.2 Å². The Bertz CT molecular complexity index is 893. The second-order valence-electron chi connectivity index (χ2n) is 9.14. The Hall–Kier alpha value is -2.26. The molecule has 30 heavy (non-hydrogen) atoms. The molecule has 160 valence electrons. The average Bonchev–Trinajstić information content (AvgIpc) is 3.07. The number of para-hydroxylation sites is 2. The fourth-order valence-corrected chi connectivity index (χ4v) is 5.41. The van der Waals surface area contributed by atoms with Gasteiger partial charge in [-0.25, -0.2) is 0 Å². The fourth-order valence-electron chi connectivity index (χ4n) is 5.41. The van der Waals surface area contributed by atoms with Gasteiger partial charge in [0.1, 0.15) is 6.17 Å². The number of rotatable bonds is 7. The van der Waals surface area contributed by atoms with E-state index in [2.05, 4.69) is 105 Å². The number of anilines is 2. The standard InChI is InChI=1S/C27H37N3/c1-7-21-16-18(3)24(17-21)23(8-2)20(5)29(6)27-19(4)28-25-14-9-10-15-26(25)30(27)22-12-11-13-22/h9-12,14-17,20-23,27-28H,4,7-8,13H2,1-3,5-6H3. The lowest BCUT2D eigenvalue weighted by Crippen LogP contribution is -2.59. The predicted octanol–water partition coefficient (Wildman–Crippen LogP) is 6.35. The van der Waals surface area contributed by atoms with Crippen LogP contribution in [0.3, 0.4) is 0 Å². The summed E-state index contributed by atoms with van der Waals surface area (Å²) in [6.45, 7) is 13.8. The normalized spacial score (nSPS) is 27.2. The number of likely N-dealkylation sites (N-methyl/N-ethyl adjacent to an activating group) is 1. The van der Waals surface area contributed by atoms with Gasteiger partial charge in [0.25, 0.3) is 0 Å². The van der Waals surface area contributed by atoms with Gasteiger partial charge in [-0.15, -0.1) is 0 Å². The van der Waals surface area contributed by atoms with Crippen molar-refractivity contribution in [3.63, 3.8) is 0 Å². The van der Waals surface area contributed by atoms with E-state index in [0.717, 1.165) is 24.2 Å². The SMILES string of the molecule is C=C1Nc2ccccc2N(C2C=CC2)C1N(C)C(C)C(CC)C1=CC(CC)C=C1C. The van der Waals surface area contributed by atoms with E-state index in [4.69, 9.17) is 0 Å². The third-order valence-electron chi connectivity index (χ3n) is 7.38. The van der Waals surface area contributed by atoms with Crippen LogP contribution in [0, 0.1) is 11.8 Å². The summed E-state index contributed by atoms with van der Waals surface area (Å²) in [5, 5.41) is 3.60. The van der Waals surface area contributed by atoms with Crippen LogP contribution in [0.2, 0.25) is 0 Å². The third-order valence-corrected chi connectivity index (χ3v) is 7.38. The first-order chi connectivity index (χ1) is 14.5. The number of nitrogens with zero attached hydrogens (tertiary/aromatic N) is 2. The number of fused-ring (bicyclic) bond motifs is 1. The van der Waals surface area contributed by atoms with Gasteiger partial charge in [0, 0.05) is 11.7 Å². The molecule has 1 N–H and O–H groups in total. The van der Waals surface area contributed by atoms with E-state index < -0.39 is 0 Å². The highest BCUT2D eigenvalue weighted by atomic mass is 15.4. The highest BCUT2D eigenvalue weighted by Crippen LogP contribution is 2.42. The minimum atomic E-state index is 0.132. The van der Waals surface area contributed by atoms with E-state index in [1.165, 1.54) is 17.7 Å². The number of benzene rings is 1. The first-order valence-corrected chi connectivity index (χ1v) is 11.6. The van der Waals surface area contributed by atoms with Crippen LogP contribution in [0.5, 0.6) is 0 Å². The Morgan fingerprint density at radius 1 is 1.23 bits per heavy atom. The summed E-state index contributed by atoms with van der Waals surface area (Å²) in [4.78, 5) is 5.11. The summed E-state index contributed by atoms with van der Waals surface area (Å²) < 4.78 is 0. The predicted molar refractivity (Wildman–Crippen MR) is 130 cm³/mol. The van der Waals surface area contributed by atoms with Crippen LogP contribution in [0.25, 0.3) is 0 Å². The van der Waals surface area contributed by atoms with Crippen molar-refractivity contribution < 1.29 is 0 Å². The molecule has 3 aliphatic rings. The summed E-state index contributed by atoms with van der Waals surface area (Å²) >= 11 is 0. The van der Waals surface area contributed by atoms with E-state index in [1.54, 1.807) is 5.57 Å². The van der Waals surface area contributed by atoms with E-state index in [1.807, 2.05) is 0 Å². The lowest BCUT2D eigenvalue weighted by molar-refractivity contribution is 0.156. The van der Waals surface area contributed by atoms with Crippen molar-refractivity contribution in [3.05, 3.63) is 72.0 Å². The molecule has 1 heterocycles. The molecule has 4 rings (SSSR count). The molecule has 5 unspecified atom stereocenters. The van der Waals surface area contributed by atoms with Gasteiger partial charge in [0.2, 0.25) is 0 Å². The maximum atomic E-state index is 4.47. The summed E-state index contributed by atoms with van der Waals surface area (Å²) in [6, 6.07) is 9.47. The molecule has 0 aromatic heterocycles. The van der Waals surface area contributed by atoms with Gasteiger partial charge in [-0.05, 0) is 69.7 Å². The van der Waals surface area contributed by atoms with Crippen molar-refractivity contribution in [2.45, 2.75) is 65.2 Å². The van der Waals surface area contributed by atoms with Crippen LogP contribution in [0.15, 0.2) is 72.0 Å². The molecule has 0 saturated carbocycles. The second-order valence-corrected chi connectivity index (χ2v) is 9.14. The number of hydrogen-bond acceptors (Lipinski definition) is 3. The van der Waals surface area contributed by atoms with Gasteiger partial charge >= 0.3 is 0 Å². The summed E-state index contributed by atoms with van der Waals surface area (Å²) in [5.74, 6) is 1.12. The molecule has 2 aliphatic carbocycles. The van der Waals surface area contributed by atoms with Crippen molar-refractivity contribution in [1.82, 2.24) is 4.90 Å². The van der Waals surface area contributed by atoms with Gasteiger partial charge in [-0.3, -0.25) is 4.90 Å². The topological polar surface area (TPSA) is 18.5 Å². The third kappa shape index (κ3) is 3.54. The van der Waals surface area contributed by atoms with Gasteiger partial charge in [-0.2, -0.15) is 0 Å². The smallest absolute Gasteiger partial charge is 0.123 e. The van der Waals surface area contributed by atoms with Crippen molar-refractivity contribution >= 4 is 11.4 Å². The molecule has 5 atom stereocenters. The Morgan fingerprint density at radius 3 is 2.57 bits per heavy atom. The van der Waals surface area contributed by atoms with Gasteiger partial charge in [-0.1, -0.05) is 62.4 Å². The monoisotopic (exact) mass is 403 g/mol. The highest BCUT2D eigenvalue weighted by molar-refractivity contribution is 5.77. The molecule has 0 amide bonds. The van der Waals surface area contributed by atoms with Crippen molar-refractivity contribution in [2.75, 3.05) is 17.3 Å². The molecule has 1 aromatic rings. The number of hydrogen-bond donors (Lipinski definition) is 1. The minimum absolute atomic E-state index is 0.132.